The van der Waals surface area contributed by atoms with E-state index in [1.54, 1.807) is 25.3 Å². The molecule has 0 saturated heterocycles. The maximum atomic E-state index is 12.0. The number of esters is 1. The zero-order valence-electron chi connectivity index (χ0n) is 15.2. The molecule has 144 valence electrons. The van der Waals surface area contributed by atoms with Crippen LogP contribution in [-0.2, 0) is 20.9 Å². The lowest BCUT2D eigenvalue weighted by atomic mass is 10.2. The summed E-state index contributed by atoms with van der Waals surface area (Å²) in [6, 6.07) is 10.4. The van der Waals surface area contributed by atoms with E-state index in [9.17, 15) is 14.4 Å². The number of ether oxygens (including phenoxy) is 2. The van der Waals surface area contributed by atoms with Crippen molar-refractivity contribution in [3.63, 3.8) is 0 Å². The molecule has 1 aromatic heterocycles. The summed E-state index contributed by atoms with van der Waals surface area (Å²) >= 11 is 0. The minimum absolute atomic E-state index is 0.0530. The van der Waals surface area contributed by atoms with Crippen molar-refractivity contribution in [2.24, 2.45) is 0 Å². The van der Waals surface area contributed by atoms with Crippen LogP contribution in [0.4, 0.5) is 0 Å². The lowest BCUT2D eigenvalue weighted by Gasteiger charge is -2.14. The van der Waals surface area contributed by atoms with Crippen molar-refractivity contribution in [1.29, 1.82) is 0 Å². The summed E-state index contributed by atoms with van der Waals surface area (Å²) < 4.78 is 15.1. The second-order valence-electron chi connectivity index (χ2n) is 5.68. The van der Waals surface area contributed by atoms with E-state index >= 15 is 0 Å². The van der Waals surface area contributed by atoms with Gasteiger partial charge in [-0.15, -0.1) is 0 Å². The van der Waals surface area contributed by atoms with Gasteiger partial charge in [0.1, 0.15) is 5.75 Å². The standard InChI is InChI=1S/C19H22N2O6/c1-13(18(23)21-12-14-5-7-15(25-2)8-6-14)27-17(22)9-10-20-19(24)16-4-3-11-26-16/h3-8,11,13H,9-10,12H2,1-2H3,(H,20,24)(H,21,23)/t13-/m0/s1. The van der Waals surface area contributed by atoms with Crippen LogP contribution in [-0.4, -0.2) is 37.5 Å². The van der Waals surface area contributed by atoms with Crippen LogP contribution >= 0.6 is 0 Å². The number of furan rings is 1. The Morgan fingerprint density at radius 2 is 1.85 bits per heavy atom. The zero-order valence-corrected chi connectivity index (χ0v) is 15.2. The van der Waals surface area contributed by atoms with E-state index < -0.39 is 23.9 Å². The van der Waals surface area contributed by atoms with Gasteiger partial charge in [-0.3, -0.25) is 14.4 Å². The summed E-state index contributed by atoms with van der Waals surface area (Å²) in [6.07, 6.45) is 0.398. The Hall–Kier alpha value is -3.29. The van der Waals surface area contributed by atoms with Crippen molar-refractivity contribution in [3.8, 4) is 5.75 Å². The minimum Gasteiger partial charge on any atom is -0.497 e. The van der Waals surface area contributed by atoms with E-state index in [4.69, 9.17) is 13.9 Å². The molecule has 8 nitrogen and oxygen atoms in total. The third-order valence-corrected chi connectivity index (χ3v) is 3.66. The summed E-state index contributed by atoms with van der Waals surface area (Å²) in [7, 11) is 1.58. The largest absolute Gasteiger partial charge is 0.497 e. The minimum atomic E-state index is -0.934. The monoisotopic (exact) mass is 374 g/mol. The molecule has 2 N–H and O–H groups in total. The summed E-state index contributed by atoms with van der Waals surface area (Å²) in [5.41, 5.74) is 0.892. The Kier molecular flexibility index (Phi) is 7.42. The maximum absolute atomic E-state index is 12.0. The molecule has 2 aromatic rings. The third-order valence-electron chi connectivity index (χ3n) is 3.66. The Labute approximate surface area is 156 Å². The van der Waals surface area contributed by atoms with E-state index in [-0.39, 0.29) is 18.7 Å². The highest BCUT2D eigenvalue weighted by Crippen LogP contribution is 2.11. The van der Waals surface area contributed by atoms with Gasteiger partial charge in [0.2, 0.25) is 0 Å². The lowest BCUT2D eigenvalue weighted by Crippen LogP contribution is -2.36. The van der Waals surface area contributed by atoms with E-state index in [2.05, 4.69) is 10.6 Å². The number of carbonyl (C=O) groups excluding carboxylic acids is 3. The molecular formula is C19H22N2O6. The van der Waals surface area contributed by atoms with E-state index in [1.165, 1.54) is 19.3 Å². The zero-order chi connectivity index (χ0) is 19.6. The fourth-order valence-corrected chi connectivity index (χ4v) is 2.16. The van der Waals surface area contributed by atoms with Gasteiger partial charge in [-0.05, 0) is 36.8 Å². The first-order valence-corrected chi connectivity index (χ1v) is 8.41. The fourth-order valence-electron chi connectivity index (χ4n) is 2.16. The van der Waals surface area contributed by atoms with E-state index in [0.717, 1.165) is 11.3 Å². The van der Waals surface area contributed by atoms with Crippen molar-refractivity contribution in [1.82, 2.24) is 10.6 Å². The van der Waals surface area contributed by atoms with Gasteiger partial charge in [0.25, 0.3) is 11.8 Å². The van der Waals surface area contributed by atoms with E-state index in [0.29, 0.717) is 6.54 Å². The number of methoxy groups -OCH3 is 1. The van der Waals surface area contributed by atoms with Crippen molar-refractivity contribution in [2.45, 2.75) is 26.0 Å². The topological polar surface area (TPSA) is 107 Å². The van der Waals surface area contributed by atoms with Crippen LogP contribution < -0.4 is 15.4 Å². The average Bonchev–Trinajstić information content (AvgIpc) is 3.21. The quantitative estimate of drug-likeness (QED) is 0.647. The molecule has 0 radical (unpaired) electrons. The second-order valence-corrected chi connectivity index (χ2v) is 5.68. The number of hydrogen-bond acceptors (Lipinski definition) is 6. The lowest BCUT2D eigenvalue weighted by molar-refractivity contribution is -0.154. The van der Waals surface area contributed by atoms with Crippen LogP contribution in [0.2, 0.25) is 0 Å². The van der Waals surface area contributed by atoms with Gasteiger partial charge in [-0.1, -0.05) is 12.1 Å². The van der Waals surface area contributed by atoms with Crippen LogP contribution in [0.15, 0.2) is 47.1 Å². The molecule has 0 saturated carbocycles. The number of benzene rings is 1. The predicted molar refractivity (Wildman–Crippen MR) is 96.1 cm³/mol. The number of carbonyl (C=O) groups is 3. The average molecular weight is 374 g/mol. The van der Waals surface area contributed by atoms with Crippen molar-refractivity contribution in [3.05, 3.63) is 54.0 Å². The van der Waals surface area contributed by atoms with Crippen LogP contribution in [0, 0.1) is 0 Å². The van der Waals surface area contributed by atoms with Gasteiger partial charge < -0.3 is 24.5 Å². The normalized spacial score (nSPS) is 11.3. The van der Waals surface area contributed by atoms with Crippen LogP contribution in [0.3, 0.4) is 0 Å². The van der Waals surface area contributed by atoms with Gasteiger partial charge in [0, 0.05) is 13.1 Å². The van der Waals surface area contributed by atoms with Gasteiger partial charge >= 0.3 is 5.97 Å². The molecule has 1 heterocycles. The molecule has 0 aliphatic carbocycles. The third kappa shape index (κ3) is 6.50. The summed E-state index contributed by atoms with van der Waals surface area (Å²) in [4.78, 5) is 35.4. The molecule has 0 spiro atoms. The molecule has 1 atom stereocenters. The Balaban J connectivity index is 1.66. The second kappa shape index (κ2) is 10.0. The molecule has 0 aliphatic heterocycles. The Morgan fingerprint density at radius 1 is 1.11 bits per heavy atom. The fraction of sp³-hybridized carbons (Fsp3) is 0.316. The summed E-state index contributed by atoms with van der Waals surface area (Å²) in [5, 5.41) is 5.23. The molecule has 0 bridgehead atoms. The smallest absolute Gasteiger partial charge is 0.308 e. The first-order valence-electron chi connectivity index (χ1n) is 8.41. The molecule has 2 amide bonds. The Morgan fingerprint density at radius 3 is 2.48 bits per heavy atom. The van der Waals surface area contributed by atoms with Crippen molar-refractivity contribution < 1.29 is 28.3 Å². The molecule has 1 aromatic carbocycles. The van der Waals surface area contributed by atoms with Gasteiger partial charge in [0.05, 0.1) is 19.8 Å². The Bertz CT molecular complexity index is 755. The van der Waals surface area contributed by atoms with E-state index in [1.807, 2.05) is 12.1 Å². The van der Waals surface area contributed by atoms with Crippen LogP contribution in [0.25, 0.3) is 0 Å². The summed E-state index contributed by atoms with van der Waals surface area (Å²) in [6.45, 7) is 1.88. The molecule has 0 unspecified atom stereocenters. The molecular weight excluding hydrogens is 352 g/mol. The highest BCUT2D eigenvalue weighted by atomic mass is 16.5. The maximum Gasteiger partial charge on any atom is 0.308 e. The predicted octanol–water partition coefficient (Wildman–Crippen LogP) is 1.66. The van der Waals surface area contributed by atoms with Crippen LogP contribution in [0.1, 0.15) is 29.5 Å². The number of rotatable bonds is 9. The van der Waals surface area contributed by atoms with Gasteiger partial charge in [-0.2, -0.15) is 0 Å². The molecule has 0 fully saturated rings. The van der Waals surface area contributed by atoms with Crippen molar-refractivity contribution in [2.75, 3.05) is 13.7 Å². The number of amides is 2. The van der Waals surface area contributed by atoms with Gasteiger partial charge in [0.15, 0.2) is 11.9 Å². The first kappa shape index (κ1) is 20.0. The molecule has 8 heteroatoms. The highest BCUT2D eigenvalue weighted by molar-refractivity contribution is 5.91. The molecule has 0 aliphatic rings. The summed E-state index contributed by atoms with van der Waals surface area (Å²) in [5.74, 6) is -0.514. The van der Waals surface area contributed by atoms with Gasteiger partial charge in [-0.25, -0.2) is 0 Å². The SMILES string of the molecule is COc1ccc(CNC(=O)[C@H](C)OC(=O)CCNC(=O)c2ccco2)cc1. The van der Waals surface area contributed by atoms with Crippen molar-refractivity contribution >= 4 is 17.8 Å². The first-order chi connectivity index (χ1) is 13.0. The number of nitrogens with one attached hydrogen (secondary N) is 2. The molecule has 27 heavy (non-hydrogen) atoms. The highest BCUT2D eigenvalue weighted by Gasteiger charge is 2.17. The molecule has 2 rings (SSSR count). The van der Waals surface area contributed by atoms with Crippen LogP contribution in [0.5, 0.6) is 5.75 Å². The number of hydrogen-bond donors (Lipinski definition) is 2.